The SMILES string of the molecule is COCCCNC(=O)CC(NC(=O)OCC1c2ccccc2-c2ccccc21)C(=O)O. The van der Waals surface area contributed by atoms with Crippen LogP contribution in [0.4, 0.5) is 4.79 Å². The smallest absolute Gasteiger partial charge is 0.407 e. The molecule has 0 bridgehead atoms. The Bertz CT molecular complexity index is 900. The van der Waals surface area contributed by atoms with Crippen molar-refractivity contribution >= 4 is 18.0 Å². The van der Waals surface area contributed by atoms with E-state index in [9.17, 15) is 19.5 Å². The average molecular weight is 426 g/mol. The maximum Gasteiger partial charge on any atom is 0.407 e. The van der Waals surface area contributed by atoms with Crippen LogP contribution in [0.25, 0.3) is 11.1 Å². The third kappa shape index (κ3) is 5.61. The monoisotopic (exact) mass is 426 g/mol. The van der Waals surface area contributed by atoms with Crippen molar-refractivity contribution in [3.05, 3.63) is 59.7 Å². The van der Waals surface area contributed by atoms with Crippen LogP contribution in [0.5, 0.6) is 0 Å². The number of benzene rings is 2. The van der Waals surface area contributed by atoms with Crippen LogP contribution in [0.1, 0.15) is 29.9 Å². The van der Waals surface area contributed by atoms with Crippen molar-refractivity contribution in [3.8, 4) is 11.1 Å². The number of nitrogens with one attached hydrogen (secondary N) is 2. The van der Waals surface area contributed by atoms with E-state index in [1.54, 1.807) is 7.11 Å². The molecule has 0 saturated carbocycles. The number of hydrogen-bond acceptors (Lipinski definition) is 5. The number of carboxylic acid groups (broad SMARTS) is 1. The fourth-order valence-corrected chi connectivity index (χ4v) is 3.68. The Morgan fingerprint density at radius 3 is 2.23 bits per heavy atom. The van der Waals surface area contributed by atoms with Crippen molar-refractivity contribution in [1.82, 2.24) is 10.6 Å². The normalized spacial score (nSPS) is 13.1. The van der Waals surface area contributed by atoms with Gasteiger partial charge in [-0.25, -0.2) is 9.59 Å². The van der Waals surface area contributed by atoms with Crippen LogP contribution in [0, 0.1) is 0 Å². The van der Waals surface area contributed by atoms with Crippen molar-refractivity contribution < 1.29 is 29.0 Å². The number of ether oxygens (including phenoxy) is 2. The molecule has 3 N–H and O–H groups in total. The minimum atomic E-state index is -1.38. The Balaban J connectivity index is 1.56. The quantitative estimate of drug-likeness (QED) is 0.503. The van der Waals surface area contributed by atoms with Crippen LogP contribution in [0.3, 0.4) is 0 Å². The van der Waals surface area contributed by atoms with Crippen LogP contribution >= 0.6 is 0 Å². The second kappa shape index (κ2) is 10.6. The second-order valence-electron chi connectivity index (χ2n) is 7.26. The van der Waals surface area contributed by atoms with Gasteiger partial charge in [0.1, 0.15) is 12.6 Å². The van der Waals surface area contributed by atoms with E-state index in [0.717, 1.165) is 22.3 Å². The van der Waals surface area contributed by atoms with Gasteiger partial charge in [-0.15, -0.1) is 0 Å². The van der Waals surface area contributed by atoms with E-state index in [2.05, 4.69) is 10.6 Å². The summed E-state index contributed by atoms with van der Waals surface area (Å²) in [6, 6.07) is 14.5. The highest BCUT2D eigenvalue weighted by Gasteiger charge is 2.30. The van der Waals surface area contributed by atoms with E-state index in [-0.39, 0.29) is 18.9 Å². The number of amides is 2. The Labute approximate surface area is 180 Å². The summed E-state index contributed by atoms with van der Waals surface area (Å²) in [5, 5.41) is 14.2. The molecule has 2 aromatic carbocycles. The molecular formula is C23H26N2O6. The van der Waals surface area contributed by atoms with Crippen LogP contribution in [0.15, 0.2) is 48.5 Å². The summed E-state index contributed by atoms with van der Waals surface area (Å²) in [6.07, 6.45) is -0.645. The number of carbonyl (C=O) groups is 3. The Kier molecular flexibility index (Phi) is 7.61. The maximum absolute atomic E-state index is 12.3. The predicted molar refractivity (Wildman–Crippen MR) is 114 cm³/mol. The molecule has 1 atom stereocenters. The van der Waals surface area contributed by atoms with Gasteiger partial charge in [0.2, 0.25) is 5.91 Å². The number of rotatable bonds is 10. The van der Waals surface area contributed by atoms with Crippen LogP contribution < -0.4 is 10.6 Å². The Morgan fingerprint density at radius 1 is 1.03 bits per heavy atom. The summed E-state index contributed by atoms with van der Waals surface area (Å²) < 4.78 is 10.2. The molecule has 0 aromatic heterocycles. The number of alkyl carbamates (subject to hydrolysis) is 1. The van der Waals surface area contributed by atoms with Gasteiger partial charge in [-0.05, 0) is 28.7 Å². The third-order valence-electron chi connectivity index (χ3n) is 5.17. The van der Waals surface area contributed by atoms with E-state index >= 15 is 0 Å². The van der Waals surface area contributed by atoms with Gasteiger partial charge in [-0.2, -0.15) is 0 Å². The fourth-order valence-electron chi connectivity index (χ4n) is 3.68. The number of hydrogen-bond donors (Lipinski definition) is 3. The van der Waals surface area contributed by atoms with E-state index in [1.807, 2.05) is 48.5 Å². The first kappa shape index (κ1) is 22.3. The molecule has 8 nitrogen and oxygen atoms in total. The number of carboxylic acids is 1. The van der Waals surface area contributed by atoms with Crippen molar-refractivity contribution in [1.29, 1.82) is 0 Å². The minimum Gasteiger partial charge on any atom is -0.480 e. The van der Waals surface area contributed by atoms with E-state index in [0.29, 0.717) is 19.6 Å². The van der Waals surface area contributed by atoms with E-state index in [1.165, 1.54) is 0 Å². The number of aliphatic carboxylic acids is 1. The van der Waals surface area contributed by atoms with Gasteiger partial charge in [0.25, 0.3) is 0 Å². The highest BCUT2D eigenvalue weighted by atomic mass is 16.5. The third-order valence-corrected chi connectivity index (χ3v) is 5.17. The van der Waals surface area contributed by atoms with Gasteiger partial charge >= 0.3 is 12.1 Å². The molecule has 0 heterocycles. The molecule has 0 saturated heterocycles. The lowest BCUT2D eigenvalue weighted by molar-refractivity contribution is -0.141. The predicted octanol–water partition coefficient (Wildman–Crippen LogP) is 2.52. The Morgan fingerprint density at radius 2 is 1.65 bits per heavy atom. The molecular weight excluding hydrogens is 400 g/mol. The van der Waals surface area contributed by atoms with Crippen LogP contribution in [0.2, 0.25) is 0 Å². The standard InChI is InChI=1S/C23H26N2O6/c1-30-12-6-11-24-21(26)13-20(22(27)28)25-23(29)31-14-19-17-9-4-2-7-15(17)16-8-3-5-10-18(16)19/h2-5,7-10,19-20H,6,11-14H2,1H3,(H,24,26)(H,25,29)(H,27,28). The largest absolute Gasteiger partial charge is 0.480 e. The van der Waals surface area contributed by atoms with Crippen LogP contribution in [-0.2, 0) is 19.1 Å². The first-order chi connectivity index (χ1) is 15.0. The lowest BCUT2D eigenvalue weighted by Gasteiger charge is -2.17. The first-order valence-corrected chi connectivity index (χ1v) is 10.1. The fraction of sp³-hybridized carbons (Fsp3) is 0.348. The summed E-state index contributed by atoms with van der Waals surface area (Å²) in [5.74, 6) is -1.91. The summed E-state index contributed by atoms with van der Waals surface area (Å²) >= 11 is 0. The van der Waals surface area contributed by atoms with Gasteiger partial charge in [0.05, 0.1) is 6.42 Å². The molecule has 0 radical (unpaired) electrons. The lowest BCUT2D eigenvalue weighted by Crippen LogP contribution is -2.44. The molecule has 0 spiro atoms. The first-order valence-electron chi connectivity index (χ1n) is 10.1. The summed E-state index contributed by atoms with van der Waals surface area (Å²) in [5.41, 5.74) is 4.31. The molecule has 0 fully saturated rings. The number of fused-ring (bicyclic) bond motifs is 3. The zero-order valence-corrected chi connectivity index (χ0v) is 17.3. The summed E-state index contributed by atoms with van der Waals surface area (Å²) in [7, 11) is 1.56. The van der Waals surface area contributed by atoms with Gasteiger partial charge in [0, 0.05) is 26.2 Å². The van der Waals surface area contributed by atoms with Gasteiger partial charge < -0.3 is 25.2 Å². The summed E-state index contributed by atoms with van der Waals surface area (Å²) in [4.78, 5) is 35.7. The van der Waals surface area contributed by atoms with Crippen molar-refractivity contribution in [2.24, 2.45) is 0 Å². The molecule has 2 aromatic rings. The average Bonchev–Trinajstić information content (AvgIpc) is 3.08. The van der Waals surface area contributed by atoms with Gasteiger partial charge in [-0.3, -0.25) is 4.79 Å². The molecule has 31 heavy (non-hydrogen) atoms. The molecule has 1 aliphatic carbocycles. The highest BCUT2D eigenvalue weighted by Crippen LogP contribution is 2.44. The molecule has 8 heteroatoms. The molecule has 164 valence electrons. The second-order valence-corrected chi connectivity index (χ2v) is 7.26. The molecule has 2 amide bonds. The maximum atomic E-state index is 12.3. The van der Waals surface area contributed by atoms with Crippen LogP contribution in [-0.4, -0.2) is 56.0 Å². The van der Waals surface area contributed by atoms with Gasteiger partial charge in [-0.1, -0.05) is 48.5 Å². The lowest BCUT2D eigenvalue weighted by atomic mass is 9.98. The minimum absolute atomic E-state index is 0.0649. The van der Waals surface area contributed by atoms with Crippen molar-refractivity contribution in [2.45, 2.75) is 24.8 Å². The number of carbonyl (C=O) groups excluding carboxylic acids is 2. The van der Waals surface area contributed by atoms with Crippen molar-refractivity contribution in [2.75, 3.05) is 26.9 Å². The Hall–Kier alpha value is -3.39. The molecule has 0 aliphatic heterocycles. The molecule has 1 unspecified atom stereocenters. The highest BCUT2D eigenvalue weighted by molar-refractivity contribution is 5.87. The van der Waals surface area contributed by atoms with E-state index in [4.69, 9.17) is 9.47 Å². The topological polar surface area (TPSA) is 114 Å². The van der Waals surface area contributed by atoms with Gasteiger partial charge in [0.15, 0.2) is 0 Å². The van der Waals surface area contributed by atoms with Crippen molar-refractivity contribution in [3.63, 3.8) is 0 Å². The molecule has 1 aliphatic rings. The zero-order valence-electron chi connectivity index (χ0n) is 17.3. The zero-order chi connectivity index (χ0) is 22.2. The summed E-state index contributed by atoms with van der Waals surface area (Å²) in [6.45, 7) is 0.917. The number of methoxy groups -OCH3 is 1. The van der Waals surface area contributed by atoms with E-state index < -0.39 is 24.0 Å². The molecule has 3 rings (SSSR count).